The summed E-state index contributed by atoms with van der Waals surface area (Å²) < 4.78 is 4.41. The highest BCUT2D eigenvalue weighted by molar-refractivity contribution is 8.14. The monoisotopic (exact) mass is 211 g/mol. The Bertz CT molecular complexity index is 326. The van der Waals surface area contributed by atoms with Crippen LogP contribution in [0.1, 0.15) is 10.4 Å². The highest BCUT2D eigenvalue weighted by atomic mass is 32.2. The molecular weight excluding hydrogens is 202 g/mol. The Morgan fingerprint density at radius 1 is 1.29 bits per heavy atom. The van der Waals surface area contributed by atoms with E-state index in [0.717, 1.165) is 11.8 Å². The lowest BCUT2D eigenvalue weighted by atomic mass is 10.2. The van der Waals surface area contributed by atoms with E-state index in [-0.39, 0.29) is 11.1 Å². The van der Waals surface area contributed by atoms with Gasteiger partial charge in [0.15, 0.2) is 0 Å². The molecule has 1 aromatic carbocycles. The van der Waals surface area contributed by atoms with Crippen molar-refractivity contribution in [3.8, 4) is 0 Å². The van der Waals surface area contributed by atoms with Crippen LogP contribution < -0.4 is 5.73 Å². The molecule has 0 unspecified atom stereocenters. The predicted octanol–water partition coefficient (Wildman–Crippen LogP) is 1.61. The van der Waals surface area contributed by atoms with Crippen LogP contribution in [0.5, 0.6) is 0 Å². The zero-order chi connectivity index (χ0) is 10.4. The molecule has 4 nitrogen and oxygen atoms in total. The van der Waals surface area contributed by atoms with E-state index in [0.29, 0.717) is 5.56 Å². The minimum Gasteiger partial charge on any atom is -0.438 e. The molecule has 0 radical (unpaired) electrons. The average molecular weight is 211 g/mol. The first-order chi connectivity index (χ1) is 6.70. The maximum atomic E-state index is 11.4. The Morgan fingerprint density at radius 2 is 1.93 bits per heavy atom. The van der Waals surface area contributed by atoms with Gasteiger partial charge in [-0.2, -0.15) is 0 Å². The molecule has 0 bridgehead atoms. The van der Waals surface area contributed by atoms with Gasteiger partial charge in [0.1, 0.15) is 5.94 Å². The Kier molecular flexibility index (Phi) is 4.00. The highest BCUT2D eigenvalue weighted by Gasteiger charge is 2.05. The normalized spacial score (nSPS) is 9.43. The van der Waals surface area contributed by atoms with Gasteiger partial charge >= 0.3 is 6.09 Å². The standard InChI is InChI=1S/C9H9NO3S/c10-9(12)13-6-14-8(11)7-4-2-1-3-5-7/h1-5H,6H2,(H2,10,12). The summed E-state index contributed by atoms with van der Waals surface area (Å²) in [5.74, 6) is -0.0525. The quantitative estimate of drug-likeness (QED) is 0.771. The van der Waals surface area contributed by atoms with Gasteiger partial charge in [-0.05, 0) is 11.8 Å². The fourth-order valence-corrected chi connectivity index (χ4v) is 1.38. The van der Waals surface area contributed by atoms with E-state index in [9.17, 15) is 9.59 Å². The lowest BCUT2D eigenvalue weighted by Gasteiger charge is -2.00. The van der Waals surface area contributed by atoms with Crippen molar-refractivity contribution in [3.63, 3.8) is 0 Å². The van der Waals surface area contributed by atoms with Crippen LogP contribution in [0.25, 0.3) is 0 Å². The van der Waals surface area contributed by atoms with Gasteiger partial charge in [-0.1, -0.05) is 30.3 Å². The summed E-state index contributed by atoms with van der Waals surface area (Å²) in [5, 5.41) is -0.146. The molecule has 1 amide bonds. The molecule has 0 aromatic heterocycles. The third-order valence-electron chi connectivity index (χ3n) is 1.40. The van der Waals surface area contributed by atoms with Crippen molar-refractivity contribution in [3.05, 3.63) is 35.9 Å². The molecule has 0 saturated heterocycles. The molecule has 0 saturated carbocycles. The van der Waals surface area contributed by atoms with Crippen LogP contribution in [-0.4, -0.2) is 17.1 Å². The van der Waals surface area contributed by atoms with Crippen LogP contribution in [0.4, 0.5) is 4.79 Å². The zero-order valence-corrected chi connectivity index (χ0v) is 8.12. The second kappa shape index (κ2) is 5.29. The number of carbonyl (C=O) groups is 2. The SMILES string of the molecule is NC(=O)OCSC(=O)c1ccccc1. The number of benzene rings is 1. The largest absolute Gasteiger partial charge is 0.438 e. The van der Waals surface area contributed by atoms with Crippen molar-refractivity contribution in [2.75, 3.05) is 5.94 Å². The average Bonchev–Trinajstić information content (AvgIpc) is 2.18. The number of primary amides is 1. The summed E-state index contributed by atoms with van der Waals surface area (Å²) in [6, 6.07) is 8.74. The van der Waals surface area contributed by atoms with E-state index < -0.39 is 6.09 Å². The first-order valence-corrected chi connectivity index (χ1v) is 4.83. The smallest absolute Gasteiger partial charge is 0.405 e. The van der Waals surface area contributed by atoms with Gasteiger partial charge < -0.3 is 10.5 Å². The number of thioether (sulfide) groups is 1. The van der Waals surface area contributed by atoms with Gasteiger partial charge in [0.25, 0.3) is 0 Å². The van der Waals surface area contributed by atoms with Crippen molar-refractivity contribution in [1.82, 2.24) is 0 Å². The Morgan fingerprint density at radius 3 is 2.50 bits per heavy atom. The number of hydrogen-bond acceptors (Lipinski definition) is 4. The van der Waals surface area contributed by atoms with Gasteiger partial charge in [0.2, 0.25) is 5.12 Å². The van der Waals surface area contributed by atoms with Crippen LogP contribution >= 0.6 is 11.8 Å². The summed E-state index contributed by atoms with van der Waals surface area (Å²) in [6.07, 6.45) is -0.877. The molecule has 14 heavy (non-hydrogen) atoms. The van der Waals surface area contributed by atoms with E-state index in [4.69, 9.17) is 5.73 Å². The lowest BCUT2D eigenvalue weighted by Crippen LogP contribution is -2.13. The molecule has 0 atom stereocenters. The summed E-state index contributed by atoms with van der Waals surface area (Å²) in [4.78, 5) is 21.5. The van der Waals surface area contributed by atoms with E-state index in [1.54, 1.807) is 24.3 Å². The Balaban J connectivity index is 2.40. The minimum absolute atomic E-state index is 0.0525. The molecule has 0 heterocycles. The van der Waals surface area contributed by atoms with Crippen LogP contribution in [0.3, 0.4) is 0 Å². The van der Waals surface area contributed by atoms with Gasteiger partial charge in [-0.15, -0.1) is 0 Å². The second-order valence-corrected chi connectivity index (χ2v) is 3.27. The Labute approximate surface area is 85.4 Å². The molecule has 0 spiro atoms. The first-order valence-electron chi connectivity index (χ1n) is 3.84. The van der Waals surface area contributed by atoms with Crippen LogP contribution in [-0.2, 0) is 4.74 Å². The van der Waals surface area contributed by atoms with Crippen molar-refractivity contribution >= 4 is 23.0 Å². The number of hydrogen-bond donors (Lipinski definition) is 1. The maximum absolute atomic E-state index is 11.4. The molecule has 0 aliphatic heterocycles. The van der Waals surface area contributed by atoms with Gasteiger partial charge in [0, 0.05) is 5.56 Å². The molecule has 0 aliphatic carbocycles. The number of carbonyl (C=O) groups excluding carboxylic acids is 2. The molecule has 1 rings (SSSR count). The molecule has 1 aromatic rings. The first kappa shape index (κ1) is 10.6. The predicted molar refractivity (Wildman–Crippen MR) is 53.9 cm³/mol. The summed E-state index contributed by atoms with van der Waals surface area (Å²) in [7, 11) is 0. The van der Waals surface area contributed by atoms with E-state index >= 15 is 0 Å². The van der Waals surface area contributed by atoms with Gasteiger partial charge in [-0.25, -0.2) is 4.79 Å². The molecule has 2 N–H and O–H groups in total. The molecule has 0 aliphatic rings. The zero-order valence-electron chi connectivity index (χ0n) is 7.30. The van der Waals surface area contributed by atoms with Crippen molar-refractivity contribution in [2.24, 2.45) is 5.73 Å². The summed E-state index contributed by atoms with van der Waals surface area (Å²) in [6.45, 7) is 0. The highest BCUT2D eigenvalue weighted by Crippen LogP contribution is 2.11. The van der Waals surface area contributed by atoms with Crippen molar-refractivity contribution < 1.29 is 14.3 Å². The van der Waals surface area contributed by atoms with Crippen LogP contribution in [0.2, 0.25) is 0 Å². The maximum Gasteiger partial charge on any atom is 0.405 e. The van der Waals surface area contributed by atoms with E-state index in [1.807, 2.05) is 6.07 Å². The molecule has 74 valence electrons. The lowest BCUT2D eigenvalue weighted by molar-refractivity contribution is 0.108. The summed E-state index contributed by atoms with van der Waals surface area (Å²) >= 11 is 0.896. The van der Waals surface area contributed by atoms with Gasteiger partial charge in [0.05, 0.1) is 0 Å². The number of ether oxygens (including phenoxy) is 1. The fraction of sp³-hybridized carbons (Fsp3) is 0.111. The fourth-order valence-electron chi connectivity index (χ4n) is 0.799. The third kappa shape index (κ3) is 3.49. The second-order valence-electron chi connectivity index (χ2n) is 2.38. The third-order valence-corrected chi connectivity index (χ3v) is 2.13. The minimum atomic E-state index is -0.877. The number of amides is 1. The van der Waals surface area contributed by atoms with E-state index in [2.05, 4.69) is 4.74 Å². The van der Waals surface area contributed by atoms with Crippen molar-refractivity contribution in [1.29, 1.82) is 0 Å². The van der Waals surface area contributed by atoms with Crippen LogP contribution in [0.15, 0.2) is 30.3 Å². The molecule has 5 heteroatoms. The van der Waals surface area contributed by atoms with Crippen molar-refractivity contribution in [2.45, 2.75) is 0 Å². The molecular formula is C9H9NO3S. The Hall–Kier alpha value is -1.49. The molecule has 0 fully saturated rings. The van der Waals surface area contributed by atoms with E-state index in [1.165, 1.54) is 0 Å². The number of rotatable bonds is 3. The van der Waals surface area contributed by atoms with Gasteiger partial charge in [-0.3, -0.25) is 4.79 Å². The van der Waals surface area contributed by atoms with Crippen LogP contribution in [0, 0.1) is 0 Å². The topological polar surface area (TPSA) is 69.4 Å². The number of nitrogens with two attached hydrogens (primary N) is 1. The summed E-state index contributed by atoms with van der Waals surface area (Å²) in [5.41, 5.74) is 5.31.